The highest BCUT2D eigenvalue weighted by Crippen LogP contribution is 2.21. The Hall–Kier alpha value is -2.63. The minimum atomic E-state index is -0.623. The van der Waals surface area contributed by atoms with E-state index in [1.807, 2.05) is 6.07 Å². The van der Waals surface area contributed by atoms with Gasteiger partial charge in [-0.25, -0.2) is 0 Å². The summed E-state index contributed by atoms with van der Waals surface area (Å²) in [5.41, 5.74) is 0.519. The van der Waals surface area contributed by atoms with E-state index in [2.05, 4.69) is 17.2 Å². The first-order valence-electron chi connectivity index (χ1n) is 8.53. The summed E-state index contributed by atoms with van der Waals surface area (Å²) in [5, 5.41) is 5.64. The molecular formula is C19H25N3O3. The van der Waals surface area contributed by atoms with Crippen LogP contribution in [-0.2, 0) is 9.59 Å². The van der Waals surface area contributed by atoms with Crippen molar-refractivity contribution >= 4 is 17.7 Å². The predicted octanol–water partition coefficient (Wildman–Crippen LogP) is 1.35. The first kappa shape index (κ1) is 18.7. The van der Waals surface area contributed by atoms with Gasteiger partial charge < -0.3 is 15.5 Å². The molecule has 1 fully saturated rings. The Morgan fingerprint density at radius 1 is 1.24 bits per heavy atom. The molecule has 3 amide bonds. The number of amides is 3. The largest absolute Gasteiger partial charge is 0.351 e. The Balaban J connectivity index is 2.08. The molecule has 6 heteroatoms. The second kappa shape index (κ2) is 9.01. The zero-order valence-electron chi connectivity index (χ0n) is 14.5. The molecule has 25 heavy (non-hydrogen) atoms. The molecule has 1 saturated heterocycles. The van der Waals surface area contributed by atoms with E-state index >= 15 is 0 Å². The number of rotatable bonds is 6. The summed E-state index contributed by atoms with van der Waals surface area (Å²) < 4.78 is 0. The molecular weight excluding hydrogens is 318 g/mol. The van der Waals surface area contributed by atoms with Crippen molar-refractivity contribution in [3.8, 4) is 0 Å². The fourth-order valence-corrected chi connectivity index (χ4v) is 3.04. The molecule has 0 saturated carbocycles. The van der Waals surface area contributed by atoms with Crippen LogP contribution in [0.4, 0.5) is 0 Å². The van der Waals surface area contributed by atoms with Gasteiger partial charge in [0.15, 0.2) is 0 Å². The number of likely N-dealkylation sites (tertiary alicyclic amines) is 1. The Labute approximate surface area is 148 Å². The van der Waals surface area contributed by atoms with Crippen LogP contribution in [0.3, 0.4) is 0 Å². The van der Waals surface area contributed by atoms with Crippen molar-refractivity contribution in [3.05, 3.63) is 48.6 Å². The van der Waals surface area contributed by atoms with E-state index in [1.54, 1.807) is 42.2 Å². The molecule has 134 valence electrons. The fraction of sp³-hybridized carbons (Fsp3) is 0.421. The lowest BCUT2D eigenvalue weighted by atomic mass is 9.88. The molecule has 2 N–H and O–H groups in total. The Bertz CT molecular complexity index is 622. The summed E-state index contributed by atoms with van der Waals surface area (Å²) in [5.74, 6) is -0.452. The van der Waals surface area contributed by atoms with Gasteiger partial charge in [0.1, 0.15) is 6.04 Å². The molecule has 1 aromatic rings. The molecule has 0 aromatic heterocycles. The van der Waals surface area contributed by atoms with Gasteiger partial charge in [-0.2, -0.15) is 0 Å². The lowest BCUT2D eigenvalue weighted by Gasteiger charge is -2.35. The quantitative estimate of drug-likeness (QED) is 0.765. The molecule has 0 aliphatic carbocycles. The van der Waals surface area contributed by atoms with Gasteiger partial charge in [0.25, 0.3) is 5.91 Å². The third kappa shape index (κ3) is 5.17. The van der Waals surface area contributed by atoms with Crippen LogP contribution in [0.25, 0.3) is 0 Å². The summed E-state index contributed by atoms with van der Waals surface area (Å²) in [4.78, 5) is 38.3. The summed E-state index contributed by atoms with van der Waals surface area (Å²) >= 11 is 0. The average Bonchev–Trinajstić information content (AvgIpc) is 2.64. The molecule has 0 bridgehead atoms. The third-order valence-electron chi connectivity index (χ3n) is 4.48. The van der Waals surface area contributed by atoms with Crippen molar-refractivity contribution in [1.82, 2.24) is 15.5 Å². The molecule has 6 nitrogen and oxygen atoms in total. The lowest BCUT2D eigenvalue weighted by molar-refractivity contribution is -0.130. The number of hydrogen-bond acceptors (Lipinski definition) is 3. The molecule has 0 spiro atoms. The zero-order valence-corrected chi connectivity index (χ0v) is 14.5. The van der Waals surface area contributed by atoms with E-state index in [1.165, 1.54) is 0 Å². The summed E-state index contributed by atoms with van der Waals surface area (Å²) in [6.07, 6.45) is 2.97. The summed E-state index contributed by atoms with van der Waals surface area (Å²) in [6, 6.07) is 8.21. The van der Waals surface area contributed by atoms with Gasteiger partial charge in [-0.15, -0.1) is 6.58 Å². The van der Waals surface area contributed by atoms with Crippen molar-refractivity contribution in [3.63, 3.8) is 0 Å². The van der Waals surface area contributed by atoms with Crippen molar-refractivity contribution in [2.24, 2.45) is 5.92 Å². The number of nitrogens with one attached hydrogen (secondary N) is 2. The van der Waals surface area contributed by atoms with E-state index in [0.29, 0.717) is 38.0 Å². The molecule has 1 aromatic carbocycles. The second-order valence-electron chi connectivity index (χ2n) is 6.19. The molecule has 1 aliphatic rings. The van der Waals surface area contributed by atoms with Gasteiger partial charge in [0.2, 0.25) is 11.8 Å². The Morgan fingerprint density at radius 2 is 1.88 bits per heavy atom. The van der Waals surface area contributed by atoms with E-state index in [4.69, 9.17) is 0 Å². The molecule has 2 rings (SSSR count). The normalized spacial score (nSPS) is 16.0. The summed E-state index contributed by atoms with van der Waals surface area (Å²) in [6.45, 7) is 6.70. The highest BCUT2D eigenvalue weighted by atomic mass is 16.2. The van der Waals surface area contributed by atoms with Gasteiger partial charge >= 0.3 is 0 Å². The molecule has 1 unspecified atom stereocenters. The van der Waals surface area contributed by atoms with Crippen LogP contribution in [0.15, 0.2) is 43.0 Å². The smallest absolute Gasteiger partial charge is 0.251 e. The lowest BCUT2D eigenvalue weighted by Crippen LogP contribution is -2.53. The van der Waals surface area contributed by atoms with Gasteiger partial charge in [-0.1, -0.05) is 24.3 Å². The number of hydrogen-bond donors (Lipinski definition) is 2. The fourth-order valence-electron chi connectivity index (χ4n) is 3.04. The molecule has 1 atom stereocenters. The van der Waals surface area contributed by atoms with Crippen molar-refractivity contribution in [2.75, 3.05) is 19.6 Å². The SMILES string of the molecule is C=CCNC(=O)C(NC(=O)c1ccccc1)C1CCN(C(C)=O)CC1. The number of piperidine rings is 1. The van der Waals surface area contributed by atoms with Crippen LogP contribution >= 0.6 is 0 Å². The topological polar surface area (TPSA) is 78.5 Å². The van der Waals surface area contributed by atoms with Crippen LogP contribution in [0.5, 0.6) is 0 Å². The van der Waals surface area contributed by atoms with Gasteiger partial charge in [0.05, 0.1) is 0 Å². The van der Waals surface area contributed by atoms with Gasteiger partial charge in [-0.3, -0.25) is 14.4 Å². The van der Waals surface area contributed by atoms with E-state index < -0.39 is 6.04 Å². The highest BCUT2D eigenvalue weighted by molar-refractivity contribution is 5.97. The molecule has 1 aliphatic heterocycles. The Kier molecular flexibility index (Phi) is 6.74. The van der Waals surface area contributed by atoms with Crippen LogP contribution < -0.4 is 10.6 Å². The number of carbonyl (C=O) groups excluding carboxylic acids is 3. The maximum atomic E-state index is 12.5. The molecule has 1 heterocycles. The third-order valence-corrected chi connectivity index (χ3v) is 4.48. The minimum Gasteiger partial charge on any atom is -0.351 e. The molecule has 0 radical (unpaired) electrons. The first-order chi connectivity index (χ1) is 12.0. The maximum Gasteiger partial charge on any atom is 0.251 e. The van der Waals surface area contributed by atoms with Crippen LogP contribution in [0.2, 0.25) is 0 Å². The van der Waals surface area contributed by atoms with Crippen molar-refractivity contribution in [2.45, 2.75) is 25.8 Å². The van der Waals surface area contributed by atoms with Crippen molar-refractivity contribution in [1.29, 1.82) is 0 Å². The standard InChI is InChI=1S/C19H25N3O3/c1-3-11-20-19(25)17(15-9-12-22(13-10-15)14(2)23)21-18(24)16-7-5-4-6-8-16/h3-8,15,17H,1,9-13H2,2H3,(H,20,25)(H,21,24). The average molecular weight is 343 g/mol. The van der Waals surface area contributed by atoms with Crippen LogP contribution in [0, 0.1) is 5.92 Å². The monoisotopic (exact) mass is 343 g/mol. The van der Waals surface area contributed by atoms with Gasteiger partial charge in [0, 0.05) is 32.1 Å². The highest BCUT2D eigenvalue weighted by Gasteiger charge is 2.33. The van der Waals surface area contributed by atoms with E-state index in [0.717, 1.165) is 0 Å². The van der Waals surface area contributed by atoms with Crippen LogP contribution in [-0.4, -0.2) is 48.3 Å². The first-order valence-corrected chi connectivity index (χ1v) is 8.53. The number of benzene rings is 1. The zero-order chi connectivity index (χ0) is 18.2. The van der Waals surface area contributed by atoms with Gasteiger partial charge in [-0.05, 0) is 30.9 Å². The van der Waals surface area contributed by atoms with Crippen LogP contribution in [0.1, 0.15) is 30.1 Å². The van der Waals surface area contributed by atoms with E-state index in [-0.39, 0.29) is 23.6 Å². The number of carbonyl (C=O) groups is 3. The predicted molar refractivity (Wildman–Crippen MR) is 95.9 cm³/mol. The number of nitrogens with zero attached hydrogens (tertiary/aromatic N) is 1. The maximum absolute atomic E-state index is 12.5. The second-order valence-corrected chi connectivity index (χ2v) is 6.19. The minimum absolute atomic E-state index is 0.00641. The Morgan fingerprint density at radius 3 is 2.44 bits per heavy atom. The van der Waals surface area contributed by atoms with E-state index in [9.17, 15) is 14.4 Å². The summed E-state index contributed by atoms with van der Waals surface area (Å²) in [7, 11) is 0. The van der Waals surface area contributed by atoms with Crippen molar-refractivity contribution < 1.29 is 14.4 Å².